The molecule has 0 saturated carbocycles. The fourth-order valence-corrected chi connectivity index (χ4v) is 2.44. The third kappa shape index (κ3) is 3.45. The molecule has 0 amide bonds. The summed E-state index contributed by atoms with van der Waals surface area (Å²) in [4.78, 5) is 4.63. The second kappa shape index (κ2) is 7.36. The van der Waals surface area contributed by atoms with E-state index in [1.807, 2.05) is 31.3 Å². The lowest BCUT2D eigenvalue weighted by atomic mass is 10.1. The van der Waals surface area contributed by atoms with Gasteiger partial charge < -0.3 is 10.1 Å². The summed E-state index contributed by atoms with van der Waals surface area (Å²) in [6.45, 7) is 0.957. The topological polar surface area (TPSA) is 34.2 Å². The molecule has 0 atom stereocenters. The van der Waals surface area contributed by atoms with Crippen molar-refractivity contribution in [3.05, 3.63) is 34.7 Å². The number of hydrogen-bond acceptors (Lipinski definition) is 4. The first-order valence-electron chi connectivity index (χ1n) is 5.57. The standard InChI is InChI=1S/C13H16N2OS.ClH/c1-14-8-7-13-15-11(9-17-13)10-5-3-4-6-12(10)16-2;/h3-6,9,14H,7-8H2,1-2H3;1H. The number of rotatable bonds is 5. The van der Waals surface area contributed by atoms with Gasteiger partial charge in [-0.05, 0) is 19.2 Å². The zero-order chi connectivity index (χ0) is 12.1. The molecule has 0 radical (unpaired) electrons. The summed E-state index contributed by atoms with van der Waals surface area (Å²) in [7, 11) is 3.64. The van der Waals surface area contributed by atoms with Gasteiger partial charge in [-0.3, -0.25) is 0 Å². The van der Waals surface area contributed by atoms with E-state index in [0.717, 1.165) is 35.0 Å². The number of para-hydroxylation sites is 1. The lowest BCUT2D eigenvalue weighted by Gasteiger charge is -2.04. The molecule has 0 aliphatic rings. The second-order valence-corrected chi connectivity index (χ2v) is 4.62. The van der Waals surface area contributed by atoms with Gasteiger partial charge in [0.05, 0.1) is 17.8 Å². The van der Waals surface area contributed by atoms with Crippen LogP contribution in [0, 0.1) is 0 Å². The third-order valence-electron chi connectivity index (χ3n) is 2.52. The molecule has 0 aliphatic heterocycles. The minimum Gasteiger partial charge on any atom is -0.496 e. The van der Waals surface area contributed by atoms with Crippen molar-refractivity contribution in [3.63, 3.8) is 0 Å². The summed E-state index contributed by atoms with van der Waals surface area (Å²) < 4.78 is 5.34. The largest absolute Gasteiger partial charge is 0.496 e. The predicted octanol–water partition coefficient (Wildman–Crippen LogP) is 3.00. The third-order valence-corrected chi connectivity index (χ3v) is 3.43. The van der Waals surface area contributed by atoms with E-state index in [1.165, 1.54) is 0 Å². The van der Waals surface area contributed by atoms with Gasteiger partial charge in [0.2, 0.25) is 0 Å². The quantitative estimate of drug-likeness (QED) is 0.916. The Hall–Kier alpha value is -1.10. The Morgan fingerprint density at radius 1 is 1.33 bits per heavy atom. The number of halogens is 1. The fraction of sp³-hybridized carbons (Fsp3) is 0.308. The van der Waals surface area contributed by atoms with E-state index in [0.29, 0.717) is 0 Å². The zero-order valence-corrected chi connectivity index (χ0v) is 12.1. The Labute approximate surface area is 118 Å². The lowest BCUT2D eigenvalue weighted by molar-refractivity contribution is 0.416. The van der Waals surface area contributed by atoms with E-state index in [1.54, 1.807) is 18.4 Å². The first-order chi connectivity index (χ1) is 8.35. The normalized spacial score (nSPS) is 9.89. The summed E-state index contributed by atoms with van der Waals surface area (Å²) in [5.41, 5.74) is 2.06. The highest BCUT2D eigenvalue weighted by molar-refractivity contribution is 7.09. The van der Waals surface area contributed by atoms with E-state index < -0.39 is 0 Å². The molecule has 1 aromatic heterocycles. The Kier molecular flexibility index (Phi) is 6.12. The average Bonchev–Trinajstić information content (AvgIpc) is 2.85. The maximum atomic E-state index is 5.34. The van der Waals surface area contributed by atoms with Gasteiger partial charge in [-0.25, -0.2) is 4.98 Å². The highest BCUT2D eigenvalue weighted by atomic mass is 35.5. The summed E-state index contributed by atoms with van der Waals surface area (Å²) in [6.07, 6.45) is 0.969. The van der Waals surface area contributed by atoms with Gasteiger partial charge in [-0.2, -0.15) is 0 Å². The molecule has 0 fully saturated rings. The van der Waals surface area contributed by atoms with Gasteiger partial charge >= 0.3 is 0 Å². The molecular weight excluding hydrogens is 268 g/mol. The van der Waals surface area contributed by atoms with Crippen LogP contribution in [0.4, 0.5) is 0 Å². The van der Waals surface area contributed by atoms with Gasteiger partial charge in [-0.1, -0.05) is 12.1 Å². The molecule has 2 aromatic rings. The van der Waals surface area contributed by atoms with Crippen LogP contribution in [0.1, 0.15) is 5.01 Å². The monoisotopic (exact) mass is 284 g/mol. The number of benzene rings is 1. The van der Waals surface area contributed by atoms with Gasteiger partial charge in [-0.15, -0.1) is 23.7 Å². The van der Waals surface area contributed by atoms with E-state index in [2.05, 4.69) is 15.7 Å². The van der Waals surface area contributed by atoms with Crippen molar-refractivity contribution in [1.29, 1.82) is 0 Å². The Morgan fingerprint density at radius 3 is 2.83 bits per heavy atom. The van der Waals surface area contributed by atoms with Crippen LogP contribution in [0.25, 0.3) is 11.3 Å². The van der Waals surface area contributed by atoms with Crippen LogP contribution >= 0.6 is 23.7 Å². The molecule has 0 saturated heterocycles. The predicted molar refractivity (Wildman–Crippen MR) is 79.0 cm³/mol. The minimum atomic E-state index is 0. The Morgan fingerprint density at radius 2 is 2.11 bits per heavy atom. The van der Waals surface area contributed by atoms with Crippen molar-refractivity contribution in [2.75, 3.05) is 20.7 Å². The number of aromatic nitrogens is 1. The molecule has 1 aromatic carbocycles. The highest BCUT2D eigenvalue weighted by Crippen LogP contribution is 2.30. The number of thiazole rings is 1. The average molecular weight is 285 g/mol. The molecule has 0 bridgehead atoms. The molecular formula is C13H17ClN2OS. The first kappa shape index (κ1) is 15.0. The number of likely N-dealkylation sites (N-methyl/N-ethyl adjacent to an activating group) is 1. The SMILES string of the molecule is CNCCc1nc(-c2ccccc2OC)cs1.Cl. The number of methoxy groups -OCH3 is 1. The molecule has 1 heterocycles. The molecule has 3 nitrogen and oxygen atoms in total. The van der Waals surface area contributed by atoms with Crippen LogP contribution in [0.5, 0.6) is 5.75 Å². The minimum absolute atomic E-state index is 0. The number of ether oxygens (including phenoxy) is 1. The van der Waals surface area contributed by atoms with Crippen LogP contribution in [-0.2, 0) is 6.42 Å². The molecule has 0 spiro atoms. The molecule has 5 heteroatoms. The maximum absolute atomic E-state index is 5.34. The second-order valence-electron chi connectivity index (χ2n) is 3.68. The summed E-state index contributed by atoms with van der Waals surface area (Å²) >= 11 is 1.70. The van der Waals surface area contributed by atoms with Gasteiger partial charge in [0.15, 0.2) is 0 Å². The number of hydrogen-bond donors (Lipinski definition) is 1. The van der Waals surface area contributed by atoms with Gasteiger partial charge in [0.25, 0.3) is 0 Å². The molecule has 18 heavy (non-hydrogen) atoms. The zero-order valence-electron chi connectivity index (χ0n) is 10.5. The van der Waals surface area contributed by atoms with Gasteiger partial charge in [0.1, 0.15) is 5.75 Å². The first-order valence-corrected chi connectivity index (χ1v) is 6.45. The Balaban J connectivity index is 0.00000162. The van der Waals surface area contributed by atoms with Crippen molar-refractivity contribution in [2.45, 2.75) is 6.42 Å². The number of nitrogens with one attached hydrogen (secondary N) is 1. The van der Waals surface area contributed by atoms with Crippen molar-refractivity contribution in [3.8, 4) is 17.0 Å². The van der Waals surface area contributed by atoms with Gasteiger partial charge in [0, 0.05) is 23.9 Å². The summed E-state index contributed by atoms with van der Waals surface area (Å²) in [5, 5.41) is 6.37. The lowest BCUT2D eigenvalue weighted by Crippen LogP contribution is -2.09. The van der Waals surface area contributed by atoms with E-state index in [4.69, 9.17) is 4.74 Å². The maximum Gasteiger partial charge on any atom is 0.128 e. The van der Waals surface area contributed by atoms with Crippen LogP contribution < -0.4 is 10.1 Å². The van der Waals surface area contributed by atoms with Crippen molar-refractivity contribution in [1.82, 2.24) is 10.3 Å². The Bertz CT molecular complexity index is 487. The van der Waals surface area contributed by atoms with Crippen LogP contribution in [0.3, 0.4) is 0 Å². The highest BCUT2D eigenvalue weighted by Gasteiger charge is 2.08. The summed E-state index contributed by atoms with van der Waals surface area (Å²) in [5.74, 6) is 0.873. The van der Waals surface area contributed by atoms with Crippen LogP contribution in [0.2, 0.25) is 0 Å². The molecule has 0 unspecified atom stereocenters. The van der Waals surface area contributed by atoms with Crippen LogP contribution in [-0.4, -0.2) is 25.7 Å². The molecule has 98 valence electrons. The fourth-order valence-electron chi connectivity index (χ4n) is 1.64. The van der Waals surface area contributed by atoms with E-state index in [9.17, 15) is 0 Å². The molecule has 0 aliphatic carbocycles. The smallest absolute Gasteiger partial charge is 0.128 e. The van der Waals surface area contributed by atoms with E-state index >= 15 is 0 Å². The van der Waals surface area contributed by atoms with Crippen molar-refractivity contribution >= 4 is 23.7 Å². The van der Waals surface area contributed by atoms with Crippen molar-refractivity contribution in [2.24, 2.45) is 0 Å². The summed E-state index contributed by atoms with van der Waals surface area (Å²) in [6, 6.07) is 7.97. The molecule has 1 N–H and O–H groups in total. The molecule has 2 rings (SSSR count). The number of nitrogens with zero attached hydrogens (tertiary/aromatic N) is 1. The van der Waals surface area contributed by atoms with Crippen LogP contribution in [0.15, 0.2) is 29.6 Å². The van der Waals surface area contributed by atoms with E-state index in [-0.39, 0.29) is 12.4 Å². The van der Waals surface area contributed by atoms with Crippen molar-refractivity contribution < 1.29 is 4.74 Å².